The van der Waals surface area contributed by atoms with Gasteiger partial charge in [0.05, 0.1) is 10.5 Å². The van der Waals surface area contributed by atoms with Crippen LogP contribution in [-0.4, -0.2) is 29.1 Å². The molecule has 0 aliphatic carbocycles. The number of halogens is 4. The fourth-order valence-electron chi connectivity index (χ4n) is 2.95. The number of ether oxygens (including phenoxy) is 1. The molecule has 0 amide bonds. The Labute approximate surface area is 151 Å². The summed E-state index contributed by atoms with van der Waals surface area (Å²) >= 11 is 0. The molecule has 0 saturated carbocycles. The number of anilines is 1. The Morgan fingerprint density at radius 2 is 1.89 bits per heavy atom. The molecule has 1 aromatic heterocycles. The first-order chi connectivity index (χ1) is 12.8. The van der Waals surface area contributed by atoms with Crippen LogP contribution in [0.1, 0.15) is 18.4 Å². The van der Waals surface area contributed by atoms with E-state index in [1.165, 1.54) is 12.1 Å². The second kappa shape index (κ2) is 7.37. The van der Waals surface area contributed by atoms with Crippen LogP contribution in [-0.2, 0) is 6.18 Å². The summed E-state index contributed by atoms with van der Waals surface area (Å²) < 4.78 is 57.3. The van der Waals surface area contributed by atoms with E-state index in [2.05, 4.69) is 4.98 Å². The summed E-state index contributed by atoms with van der Waals surface area (Å²) in [5.41, 5.74) is -1.23. The summed E-state index contributed by atoms with van der Waals surface area (Å²) in [7, 11) is 0. The quantitative estimate of drug-likeness (QED) is 0.448. The molecule has 2 heterocycles. The number of hydrogen-bond donors (Lipinski definition) is 0. The smallest absolute Gasteiger partial charge is 0.417 e. The van der Waals surface area contributed by atoms with Crippen molar-refractivity contribution in [2.24, 2.45) is 0 Å². The van der Waals surface area contributed by atoms with Crippen molar-refractivity contribution in [3.8, 4) is 5.88 Å². The molecular weight excluding hydrogens is 370 g/mol. The van der Waals surface area contributed by atoms with Crippen LogP contribution in [0.25, 0.3) is 0 Å². The zero-order chi connectivity index (χ0) is 19.6. The Morgan fingerprint density at radius 3 is 2.44 bits per heavy atom. The number of piperidine rings is 1. The molecule has 2 aromatic rings. The topological polar surface area (TPSA) is 68.5 Å². The number of pyridine rings is 1. The molecule has 1 aromatic carbocycles. The third kappa shape index (κ3) is 4.26. The van der Waals surface area contributed by atoms with E-state index in [0.29, 0.717) is 32.1 Å². The van der Waals surface area contributed by atoms with Gasteiger partial charge in [0.25, 0.3) is 5.69 Å². The van der Waals surface area contributed by atoms with Crippen molar-refractivity contribution in [3.63, 3.8) is 0 Å². The van der Waals surface area contributed by atoms with Crippen molar-refractivity contribution < 1.29 is 27.2 Å². The Balaban J connectivity index is 1.64. The molecule has 0 atom stereocenters. The lowest BCUT2D eigenvalue weighted by atomic mass is 10.1. The largest absolute Gasteiger partial charge is 0.474 e. The first-order valence-corrected chi connectivity index (χ1v) is 8.13. The summed E-state index contributed by atoms with van der Waals surface area (Å²) in [5.74, 6) is -0.605. The van der Waals surface area contributed by atoms with Gasteiger partial charge in [0.15, 0.2) is 11.5 Å². The number of hydrogen-bond acceptors (Lipinski definition) is 5. The molecule has 3 rings (SSSR count). The SMILES string of the molecule is O=[N+]([O-])c1cccc(F)c1N1CCC(Oc2ccc(C(F)(F)F)cn2)CC1. The molecular formula is C17H15F4N3O3. The number of para-hydroxylation sites is 1. The van der Waals surface area contributed by atoms with Crippen LogP contribution in [0.4, 0.5) is 28.9 Å². The van der Waals surface area contributed by atoms with Crippen molar-refractivity contribution in [2.45, 2.75) is 25.1 Å². The Bertz CT molecular complexity index is 819. The zero-order valence-electron chi connectivity index (χ0n) is 13.9. The minimum absolute atomic E-state index is 0.0615. The third-order valence-corrected chi connectivity index (χ3v) is 4.27. The molecule has 1 aliphatic rings. The highest BCUT2D eigenvalue weighted by Gasteiger charge is 2.31. The maximum absolute atomic E-state index is 14.1. The number of nitro benzene ring substituents is 1. The summed E-state index contributed by atoms with van der Waals surface area (Å²) in [6.07, 6.45) is -3.24. The lowest BCUT2D eigenvalue weighted by molar-refractivity contribution is -0.384. The van der Waals surface area contributed by atoms with Gasteiger partial charge in [-0.15, -0.1) is 0 Å². The molecule has 27 heavy (non-hydrogen) atoms. The number of rotatable bonds is 4. The second-order valence-corrected chi connectivity index (χ2v) is 6.05. The summed E-state index contributed by atoms with van der Waals surface area (Å²) in [6, 6.07) is 5.73. The van der Waals surface area contributed by atoms with Crippen molar-refractivity contribution in [2.75, 3.05) is 18.0 Å². The maximum atomic E-state index is 14.1. The van der Waals surface area contributed by atoms with Gasteiger partial charge in [-0.1, -0.05) is 6.07 Å². The molecule has 0 radical (unpaired) electrons. The highest BCUT2D eigenvalue weighted by molar-refractivity contribution is 5.64. The van der Waals surface area contributed by atoms with Crippen LogP contribution < -0.4 is 9.64 Å². The van der Waals surface area contributed by atoms with E-state index < -0.39 is 22.5 Å². The van der Waals surface area contributed by atoms with Gasteiger partial charge in [-0.05, 0) is 12.1 Å². The molecule has 0 bridgehead atoms. The van der Waals surface area contributed by atoms with Crippen LogP contribution in [0.15, 0.2) is 36.5 Å². The highest BCUT2D eigenvalue weighted by atomic mass is 19.4. The Morgan fingerprint density at radius 1 is 1.19 bits per heavy atom. The van der Waals surface area contributed by atoms with Gasteiger partial charge in [-0.3, -0.25) is 10.1 Å². The van der Waals surface area contributed by atoms with E-state index in [1.807, 2.05) is 0 Å². The van der Waals surface area contributed by atoms with Gasteiger partial charge in [0.1, 0.15) is 6.10 Å². The maximum Gasteiger partial charge on any atom is 0.417 e. The van der Waals surface area contributed by atoms with Gasteiger partial charge in [-0.25, -0.2) is 9.37 Å². The number of alkyl halides is 3. The van der Waals surface area contributed by atoms with Crippen LogP contribution in [0.2, 0.25) is 0 Å². The fourth-order valence-corrected chi connectivity index (χ4v) is 2.95. The van der Waals surface area contributed by atoms with E-state index in [9.17, 15) is 27.7 Å². The molecule has 144 valence electrons. The molecule has 0 unspecified atom stereocenters. The number of nitro groups is 1. The molecule has 1 saturated heterocycles. The van der Waals surface area contributed by atoms with Crippen LogP contribution in [0.5, 0.6) is 5.88 Å². The first-order valence-electron chi connectivity index (χ1n) is 8.13. The van der Waals surface area contributed by atoms with E-state index in [4.69, 9.17) is 4.74 Å². The molecule has 6 nitrogen and oxygen atoms in total. The molecule has 1 aliphatic heterocycles. The lowest BCUT2D eigenvalue weighted by Gasteiger charge is -2.33. The van der Waals surface area contributed by atoms with Gasteiger partial charge >= 0.3 is 6.18 Å². The fraction of sp³-hybridized carbons (Fsp3) is 0.353. The van der Waals surface area contributed by atoms with Crippen molar-refractivity contribution >= 4 is 11.4 Å². The standard InChI is InChI=1S/C17H15F4N3O3/c18-13-2-1-3-14(24(25)26)16(13)23-8-6-12(7-9-23)27-15-5-4-11(10-22-15)17(19,20)21/h1-5,10,12H,6-9H2. The average Bonchev–Trinajstić information content (AvgIpc) is 2.62. The van der Waals surface area contributed by atoms with Crippen LogP contribution in [0.3, 0.4) is 0 Å². The normalized spacial score (nSPS) is 15.6. The second-order valence-electron chi connectivity index (χ2n) is 6.05. The lowest BCUT2D eigenvalue weighted by Crippen LogP contribution is -2.39. The van der Waals surface area contributed by atoms with Gasteiger partial charge in [-0.2, -0.15) is 13.2 Å². The van der Waals surface area contributed by atoms with Gasteiger partial charge in [0.2, 0.25) is 5.88 Å². The molecule has 10 heteroatoms. The van der Waals surface area contributed by atoms with Gasteiger partial charge in [0, 0.05) is 44.3 Å². The van der Waals surface area contributed by atoms with Crippen LogP contribution >= 0.6 is 0 Å². The Hall–Kier alpha value is -2.91. The van der Waals surface area contributed by atoms with Crippen molar-refractivity contribution in [1.82, 2.24) is 4.98 Å². The average molecular weight is 385 g/mol. The monoisotopic (exact) mass is 385 g/mol. The Kier molecular flexibility index (Phi) is 5.15. The third-order valence-electron chi connectivity index (χ3n) is 4.27. The van der Waals surface area contributed by atoms with E-state index >= 15 is 0 Å². The first kappa shape index (κ1) is 18.9. The summed E-state index contributed by atoms with van der Waals surface area (Å²) in [5, 5.41) is 11.1. The predicted octanol–water partition coefficient (Wildman–Crippen LogP) is 4.20. The van der Waals surface area contributed by atoms with E-state index in [1.54, 1.807) is 4.90 Å². The number of aromatic nitrogens is 1. The summed E-state index contributed by atoms with van der Waals surface area (Å²) in [6.45, 7) is 0.625. The molecule has 1 fully saturated rings. The minimum Gasteiger partial charge on any atom is -0.474 e. The minimum atomic E-state index is -4.47. The highest BCUT2D eigenvalue weighted by Crippen LogP contribution is 2.33. The van der Waals surface area contributed by atoms with Crippen LogP contribution in [0, 0.1) is 15.9 Å². The molecule has 0 N–H and O–H groups in total. The van der Waals surface area contributed by atoms with Crippen molar-refractivity contribution in [3.05, 3.63) is 58.0 Å². The summed E-state index contributed by atoms with van der Waals surface area (Å²) in [4.78, 5) is 15.7. The number of benzene rings is 1. The number of nitrogens with zero attached hydrogens (tertiary/aromatic N) is 3. The van der Waals surface area contributed by atoms with Crippen molar-refractivity contribution in [1.29, 1.82) is 0 Å². The van der Waals surface area contributed by atoms with E-state index in [0.717, 1.165) is 18.2 Å². The molecule has 0 spiro atoms. The van der Waals surface area contributed by atoms with E-state index in [-0.39, 0.29) is 23.4 Å². The van der Waals surface area contributed by atoms with Gasteiger partial charge < -0.3 is 9.64 Å². The predicted molar refractivity (Wildman–Crippen MR) is 88.2 cm³/mol. The zero-order valence-corrected chi connectivity index (χ0v) is 13.9.